The fourth-order valence-electron chi connectivity index (χ4n) is 7.27. The molecule has 4 heterocycles. The first-order valence-corrected chi connectivity index (χ1v) is 15.7. The van der Waals surface area contributed by atoms with Gasteiger partial charge in [0, 0.05) is 34.3 Å². The summed E-state index contributed by atoms with van der Waals surface area (Å²) in [6.07, 6.45) is 9.22. The van der Waals surface area contributed by atoms with E-state index in [2.05, 4.69) is 53.2 Å². The Kier molecular flexibility index (Phi) is 7.84. The maximum Gasteiger partial charge on any atom is 0.161 e. The van der Waals surface area contributed by atoms with Gasteiger partial charge in [-0.05, 0) is 99.9 Å². The molecule has 4 aromatic rings. The summed E-state index contributed by atoms with van der Waals surface area (Å²) < 4.78 is 22.9. The van der Waals surface area contributed by atoms with E-state index < -0.39 is 0 Å². The van der Waals surface area contributed by atoms with Crippen LogP contribution in [0.5, 0.6) is 11.5 Å². The van der Waals surface area contributed by atoms with Crippen LogP contribution in [-0.4, -0.2) is 77.8 Å². The zero-order valence-corrected chi connectivity index (χ0v) is 25.5. The van der Waals surface area contributed by atoms with Crippen LogP contribution < -0.4 is 9.47 Å². The van der Waals surface area contributed by atoms with Crippen LogP contribution in [0, 0.1) is 0 Å². The van der Waals surface area contributed by atoms with Crippen molar-refractivity contribution in [2.24, 2.45) is 0 Å². The highest BCUT2D eigenvalue weighted by Gasteiger charge is 2.38. The summed E-state index contributed by atoms with van der Waals surface area (Å²) in [7, 11) is 1.65. The van der Waals surface area contributed by atoms with Crippen LogP contribution in [0.2, 0.25) is 0 Å². The van der Waals surface area contributed by atoms with E-state index in [1.165, 1.54) is 48.9 Å². The lowest BCUT2D eigenvalue weighted by Crippen LogP contribution is -2.48. The van der Waals surface area contributed by atoms with Gasteiger partial charge in [-0.3, -0.25) is 10.00 Å². The van der Waals surface area contributed by atoms with Gasteiger partial charge >= 0.3 is 0 Å². The van der Waals surface area contributed by atoms with Crippen molar-refractivity contribution in [1.82, 2.24) is 20.1 Å². The number of ether oxygens (including phenoxy) is 4. The molecule has 2 aliphatic heterocycles. The zero-order chi connectivity index (χ0) is 29.4. The second kappa shape index (κ2) is 11.9. The summed E-state index contributed by atoms with van der Waals surface area (Å²) in [5.41, 5.74) is 8.08. The van der Waals surface area contributed by atoms with Crippen LogP contribution in [0.1, 0.15) is 50.7 Å². The molecule has 43 heavy (non-hydrogen) atoms. The Bertz CT molecular complexity index is 1600. The molecular formula is C35H42N4O4. The minimum Gasteiger partial charge on any atom is -0.493 e. The number of hydrogen-bond acceptors (Lipinski definition) is 7. The summed E-state index contributed by atoms with van der Waals surface area (Å²) in [4.78, 5) is 7.54. The standard InChI is InChI=1S/C35H42N4O4/c1-23-5-4-14-39(23)35(2)12-10-24-6-7-25(17-26(24)11-13-35)28-18-30-33(37-38-34(30)36-20-28)27-8-9-31(32(19-27)40-3)43-22-29-21-41-15-16-42-29/h6-9,17-20,23,29H,4-5,10-16,21-22H2,1-3H3,(H,36,37,38)/t23-,29-,35?/m1/s1. The lowest BCUT2D eigenvalue weighted by atomic mass is 9.89. The number of fused-ring (bicyclic) bond motifs is 2. The first-order chi connectivity index (χ1) is 21.0. The largest absolute Gasteiger partial charge is 0.493 e. The third-order valence-corrected chi connectivity index (χ3v) is 9.81. The zero-order valence-electron chi connectivity index (χ0n) is 25.5. The molecular weight excluding hydrogens is 540 g/mol. The first-order valence-electron chi connectivity index (χ1n) is 15.7. The molecule has 8 heteroatoms. The third-order valence-electron chi connectivity index (χ3n) is 9.81. The summed E-state index contributed by atoms with van der Waals surface area (Å²) in [6.45, 7) is 8.31. The summed E-state index contributed by atoms with van der Waals surface area (Å²) >= 11 is 0. The normalized spacial score (nSPS) is 24.5. The van der Waals surface area contributed by atoms with Gasteiger partial charge in [0.15, 0.2) is 17.1 Å². The number of nitrogens with zero attached hydrogens (tertiary/aromatic N) is 3. The lowest BCUT2D eigenvalue weighted by molar-refractivity contribution is -0.101. The minimum absolute atomic E-state index is 0.0795. The maximum atomic E-state index is 6.03. The van der Waals surface area contributed by atoms with Gasteiger partial charge in [0.1, 0.15) is 18.4 Å². The number of rotatable bonds is 7. The number of nitrogens with one attached hydrogen (secondary N) is 1. The van der Waals surface area contributed by atoms with E-state index in [4.69, 9.17) is 23.9 Å². The summed E-state index contributed by atoms with van der Waals surface area (Å²) in [5, 5.41) is 8.74. The van der Waals surface area contributed by atoms with E-state index in [-0.39, 0.29) is 11.6 Å². The van der Waals surface area contributed by atoms with Crippen molar-refractivity contribution in [3.05, 3.63) is 59.8 Å². The third kappa shape index (κ3) is 5.64. The van der Waals surface area contributed by atoms with E-state index >= 15 is 0 Å². The van der Waals surface area contributed by atoms with Crippen LogP contribution in [0.15, 0.2) is 48.7 Å². The second-order valence-corrected chi connectivity index (χ2v) is 12.6. The van der Waals surface area contributed by atoms with Gasteiger partial charge in [0.2, 0.25) is 0 Å². The highest BCUT2D eigenvalue weighted by atomic mass is 16.6. The number of methoxy groups -OCH3 is 1. The van der Waals surface area contributed by atoms with Gasteiger partial charge in [0.05, 0.1) is 26.9 Å². The Morgan fingerprint density at radius 1 is 1.00 bits per heavy atom. The molecule has 2 aromatic carbocycles. The van der Waals surface area contributed by atoms with E-state index in [1.807, 2.05) is 24.4 Å². The van der Waals surface area contributed by atoms with Gasteiger partial charge in [-0.2, -0.15) is 5.10 Å². The SMILES string of the molecule is COc1cc(-c2n[nH]c3ncc(-c4ccc5c(c4)CCC(C)(N4CCC[C@H]4C)CC5)cc23)ccc1OC[C@H]1COCCO1. The Morgan fingerprint density at radius 3 is 2.65 bits per heavy atom. The van der Waals surface area contributed by atoms with Crippen molar-refractivity contribution < 1.29 is 18.9 Å². The van der Waals surface area contributed by atoms with Gasteiger partial charge in [0.25, 0.3) is 0 Å². The van der Waals surface area contributed by atoms with E-state index in [0.29, 0.717) is 44.0 Å². The number of H-pyrrole nitrogens is 1. The Labute approximate surface area is 253 Å². The molecule has 3 aliphatic rings. The van der Waals surface area contributed by atoms with Gasteiger partial charge < -0.3 is 18.9 Å². The number of benzene rings is 2. The molecule has 1 unspecified atom stereocenters. The van der Waals surface area contributed by atoms with Crippen molar-refractivity contribution in [3.63, 3.8) is 0 Å². The molecule has 2 aromatic heterocycles. The Balaban J connectivity index is 1.13. The molecule has 0 saturated carbocycles. The van der Waals surface area contributed by atoms with Crippen molar-refractivity contribution in [2.45, 2.75) is 70.1 Å². The average Bonchev–Trinajstić information content (AvgIpc) is 3.64. The predicted molar refractivity (Wildman–Crippen MR) is 168 cm³/mol. The molecule has 0 bridgehead atoms. The highest BCUT2D eigenvalue weighted by molar-refractivity contribution is 5.93. The van der Waals surface area contributed by atoms with E-state index in [9.17, 15) is 0 Å². The molecule has 8 nitrogen and oxygen atoms in total. The number of aryl methyl sites for hydroxylation is 2. The number of pyridine rings is 1. The summed E-state index contributed by atoms with van der Waals surface area (Å²) in [5.74, 6) is 1.31. The fourth-order valence-corrected chi connectivity index (χ4v) is 7.27. The smallest absolute Gasteiger partial charge is 0.161 e. The fraction of sp³-hybridized carbons (Fsp3) is 0.486. The van der Waals surface area contributed by atoms with Crippen LogP contribution in [0.25, 0.3) is 33.4 Å². The Hall–Kier alpha value is -3.46. The molecule has 0 radical (unpaired) electrons. The van der Waals surface area contributed by atoms with Crippen LogP contribution >= 0.6 is 0 Å². The van der Waals surface area contributed by atoms with Crippen molar-refractivity contribution >= 4 is 11.0 Å². The molecule has 0 spiro atoms. The minimum atomic E-state index is -0.0795. The first kappa shape index (κ1) is 28.3. The maximum absolute atomic E-state index is 6.03. The van der Waals surface area contributed by atoms with Crippen LogP contribution in [-0.2, 0) is 22.3 Å². The second-order valence-electron chi connectivity index (χ2n) is 12.6. The van der Waals surface area contributed by atoms with Crippen molar-refractivity contribution in [1.29, 1.82) is 0 Å². The molecule has 2 fully saturated rings. The number of aromatic amines is 1. The molecule has 226 valence electrons. The van der Waals surface area contributed by atoms with Gasteiger partial charge in [-0.25, -0.2) is 4.98 Å². The summed E-state index contributed by atoms with van der Waals surface area (Å²) in [6, 6.07) is 15.8. The predicted octanol–water partition coefficient (Wildman–Crippen LogP) is 6.22. The Morgan fingerprint density at radius 2 is 1.86 bits per heavy atom. The van der Waals surface area contributed by atoms with Crippen molar-refractivity contribution in [3.8, 4) is 33.9 Å². The quantitative estimate of drug-likeness (QED) is 0.259. The number of hydrogen-bond donors (Lipinski definition) is 1. The van der Waals surface area contributed by atoms with Crippen molar-refractivity contribution in [2.75, 3.05) is 40.1 Å². The van der Waals surface area contributed by atoms with E-state index in [1.54, 1.807) is 7.11 Å². The average molecular weight is 583 g/mol. The number of aromatic nitrogens is 3. The lowest BCUT2D eigenvalue weighted by Gasteiger charge is -2.41. The van der Waals surface area contributed by atoms with Crippen LogP contribution in [0.4, 0.5) is 0 Å². The highest BCUT2D eigenvalue weighted by Crippen LogP contribution is 2.39. The molecule has 2 saturated heterocycles. The van der Waals surface area contributed by atoms with Gasteiger partial charge in [-0.1, -0.05) is 18.2 Å². The monoisotopic (exact) mass is 582 g/mol. The number of likely N-dealkylation sites (tertiary alicyclic amines) is 1. The molecule has 1 aliphatic carbocycles. The molecule has 3 atom stereocenters. The van der Waals surface area contributed by atoms with E-state index in [0.717, 1.165) is 40.7 Å². The van der Waals surface area contributed by atoms with Gasteiger partial charge in [-0.15, -0.1) is 0 Å². The molecule has 0 amide bonds. The van der Waals surface area contributed by atoms with Crippen LogP contribution in [0.3, 0.4) is 0 Å². The molecule has 7 rings (SSSR count). The molecule has 1 N–H and O–H groups in total. The topological polar surface area (TPSA) is 81.7 Å².